The number of carbonyl (C=O) groups is 2. The van der Waals surface area contributed by atoms with Crippen LogP contribution < -0.4 is 0 Å². The predicted octanol–water partition coefficient (Wildman–Crippen LogP) is 3.77. The van der Waals surface area contributed by atoms with Gasteiger partial charge in [-0.1, -0.05) is 27.7 Å². The van der Waals surface area contributed by atoms with Gasteiger partial charge in [-0.2, -0.15) is 0 Å². The first-order valence-electron chi connectivity index (χ1n) is 10.9. The van der Waals surface area contributed by atoms with E-state index < -0.39 is 0 Å². The molecule has 0 aromatic heterocycles. The average Bonchev–Trinajstić information content (AvgIpc) is 2.85. The Balaban J connectivity index is 1.77. The molecule has 27 heavy (non-hydrogen) atoms. The largest absolute Gasteiger partial charge is 0.396 e. The van der Waals surface area contributed by atoms with Crippen molar-refractivity contribution in [3.05, 3.63) is 0 Å². The van der Waals surface area contributed by atoms with Crippen LogP contribution in [0.15, 0.2) is 0 Å². The van der Waals surface area contributed by atoms with Crippen molar-refractivity contribution in [1.29, 1.82) is 0 Å². The van der Waals surface area contributed by atoms with E-state index in [9.17, 15) is 19.8 Å². The molecule has 154 valence electrons. The Morgan fingerprint density at radius 1 is 1.22 bits per heavy atom. The minimum Gasteiger partial charge on any atom is -0.396 e. The molecular formula is C23H38O4. The summed E-state index contributed by atoms with van der Waals surface area (Å²) < 4.78 is 0. The number of Topliss-reactive ketones (excluding diaryl/α,β-unsaturated/α-hetero) is 2. The number of fused-ring (bicyclic) bond motifs is 2. The maximum Gasteiger partial charge on any atom is 0.137 e. The Morgan fingerprint density at radius 3 is 2.59 bits per heavy atom. The van der Waals surface area contributed by atoms with E-state index in [4.69, 9.17) is 0 Å². The van der Waals surface area contributed by atoms with Gasteiger partial charge in [0.05, 0.1) is 6.10 Å². The van der Waals surface area contributed by atoms with Gasteiger partial charge in [-0.3, -0.25) is 9.59 Å². The zero-order chi connectivity index (χ0) is 20.0. The van der Waals surface area contributed by atoms with E-state index in [0.29, 0.717) is 31.1 Å². The number of ketones is 2. The minimum absolute atomic E-state index is 0.0949. The fourth-order valence-electron chi connectivity index (χ4n) is 6.83. The zero-order valence-electron chi connectivity index (χ0n) is 17.5. The van der Waals surface area contributed by atoms with Crippen LogP contribution in [-0.4, -0.2) is 34.5 Å². The van der Waals surface area contributed by atoms with E-state index in [-0.39, 0.29) is 52.9 Å². The van der Waals surface area contributed by atoms with Crippen LogP contribution in [0.25, 0.3) is 0 Å². The van der Waals surface area contributed by atoms with Gasteiger partial charge in [-0.15, -0.1) is 0 Å². The monoisotopic (exact) mass is 378 g/mol. The van der Waals surface area contributed by atoms with Crippen molar-refractivity contribution in [2.75, 3.05) is 6.61 Å². The smallest absolute Gasteiger partial charge is 0.137 e. The highest BCUT2D eigenvalue weighted by Gasteiger charge is 2.61. The van der Waals surface area contributed by atoms with Gasteiger partial charge in [0.1, 0.15) is 11.6 Å². The molecule has 3 aliphatic carbocycles. The maximum atomic E-state index is 13.0. The number of hydrogen-bond acceptors (Lipinski definition) is 4. The van der Waals surface area contributed by atoms with E-state index in [0.717, 1.165) is 32.1 Å². The molecule has 0 unspecified atom stereocenters. The second-order valence-electron chi connectivity index (χ2n) is 10.6. The third-order valence-corrected chi connectivity index (χ3v) is 8.59. The summed E-state index contributed by atoms with van der Waals surface area (Å²) in [6.45, 7) is 8.63. The molecule has 0 radical (unpaired) electrons. The Kier molecular flexibility index (Phi) is 5.90. The third kappa shape index (κ3) is 3.76. The van der Waals surface area contributed by atoms with Crippen molar-refractivity contribution in [2.45, 2.75) is 85.2 Å². The van der Waals surface area contributed by atoms with Crippen molar-refractivity contribution in [2.24, 2.45) is 40.4 Å². The van der Waals surface area contributed by atoms with Crippen LogP contribution in [0.3, 0.4) is 0 Å². The van der Waals surface area contributed by atoms with Gasteiger partial charge in [-0.25, -0.2) is 0 Å². The van der Waals surface area contributed by atoms with Gasteiger partial charge in [0.25, 0.3) is 0 Å². The van der Waals surface area contributed by atoms with Crippen LogP contribution >= 0.6 is 0 Å². The van der Waals surface area contributed by atoms with E-state index in [2.05, 4.69) is 13.8 Å². The highest BCUT2D eigenvalue weighted by atomic mass is 16.3. The van der Waals surface area contributed by atoms with Gasteiger partial charge < -0.3 is 10.2 Å². The summed E-state index contributed by atoms with van der Waals surface area (Å²) in [5, 5.41) is 19.3. The molecule has 2 N–H and O–H groups in total. The van der Waals surface area contributed by atoms with Crippen LogP contribution in [0.5, 0.6) is 0 Å². The van der Waals surface area contributed by atoms with Crippen LogP contribution in [0.2, 0.25) is 0 Å². The highest BCUT2D eigenvalue weighted by molar-refractivity contribution is 5.92. The molecular weight excluding hydrogens is 340 g/mol. The number of aliphatic hydroxyl groups excluding tert-OH is 2. The summed E-state index contributed by atoms with van der Waals surface area (Å²) in [4.78, 5) is 25.9. The standard InChI is InChI=1S/C23H38O4/c1-14(12-24)5-6-19(26)15(2)21-20(27)11-17-9-16-10-18(25)7-8-22(16,3)13-23(17,21)4/h14-18,21,24-25H,5-13H2,1-4H3/t14-,15+,16-,17+,18-,21+,22-,23-/m0/s1. The first-order chi connectivity index (χ1) is 12.6. The maximum absolute atomic E-state index is 13.0. The van der Waals surface area contributed by atoms with Crippen LogP contribution in [-0.2, 0) is 9.59 Å². The van der Waals surface area contributed by atoms with Crippen LogP contribution in [0.4, 0.5) is 0 Å². The SMILES string of the molecule is C[C@H](CO)CCC(=O)[C@@H](C)[C@@H]1C(=O)C[C@H]2C[C@H]3C[C@@H](O)CC[C@@]3(C)C[C@@]21C. The molecule has 0 aromatic carbocycles. The third-order valence-electron chi connectivity index (χ3n) is 8.59. The Labute approximate surface area is 164 Å². The Hall–Kier alpha value is -0.740. The first kappa shape index (κ1) is 21.0. The molecule has 0 heterocycles. The second-order valence-corrected chi connectivity index (χ2v) is 10.6. The molecule has 0 amide bonds. The molecule has 3 fully saturated rings. The molecule has 3 saturated carbocycles. The van der Waals surface area contributed by atoms with Crippen molar-refractivity contribution in [3.63, 3.8) is 0 Å². The zero-order valence-corrected chi connectivity index (χ0v) is 17.5. The molecule has 0 spiro atoms. The van der Waals surface area contributed by atoms with E-state index in [1.165, 1.54) is 0 Å². The van der Waals surface area contributed by atoms with Crippen LogP contribution in [0.1, 0.15) is 79.1 Å². The predicted molar refractivity (Wildman–Crippen MR) is 105 cm³/mol. The molecule has 3 aliphatic rings. The number of hydrogen-bond donors (Lipinski definition) is 2. The molecule has 0 aromatic rings. The van der Waals surface area contributed by atoms with Crippen molar-refractivity contribution in [1.82, 2.24) is 0 Å². The van der Waals surface area contributed by atoms with Gasteiger partial charge in [0.2, 0.25) is 0 Å². The molecule has 4 nitrogen and oxygen atoms in total. The fraction of sp³-hybridized carbons (Fsp3) is 0.913. The quantitative estimate of drug-likeness (QED) is 0.738. The second kappa shape index (κ2) is 7.59. The van der Waals surface area contributed by atoms with E-state index >= 15 is 0 Å². The number of rotatable bonds is 6. The lowest BCUT2D eigenvalue weighted by Gasteiger charge is -2.56. The lowest BCUT2D eigenvalue weighted by atomic mass is 9.48. The number of aliphatic hydroxyl groups is 2. The van der Waals surface area contributed by atoms with Gasteiger partial charge in [0.15, 0.2) is 0 Å². The topological polar surface area (TPSA) is 74.6 Å². The molecule has 8 atom stereocenters. The van der Waals surface area contributed by atoms with Gasteiger partial charge >= 0.3 is 0 Å². The van der Waals surface area contributed by atoms with E-state index in [1.807, 2.05) is 13.8 Å². The molecule has 3 rings (SSSR count). The normalized spacial score (nSPS) is 43.7. The summed E-state index contributed by atoms with van der Waals surface area (Å²) in [6.07, 6.45) is 6.35. The molecule has 0 aliphatic heterocycles. The lowest BCUT2D eigenvalue weighted by Crippen LogP contribution is -2.50. The van der Waals surface area contributed by atoms with Gasteiger partial charge in [-0.05, 0) is 67.1 Å². The van der Waals surface area contributed by atoms with Crippen molar-refractivity contribution >= 4 is 11.6 Å². The van der Waals surface area contributed by atoms with E-state index in [1.54, 1.807) is 0 Å². The van der Waals surface area contributed by atoms with Crippen molar-refractivity contribution < 1.29 is 19.8 Å². The lowest BCUT2D eigenvalue weighted by molar-refractivity contribution is -0.137. The fourth-order valence-corrected chi connectivity index (χ4v) is 6.83. The summed E-state index contributed by atoms with van der Waals surface area (Å²) >= 11 is 0. The molecule has 4 heteroatoms. The minimum atomic E-state index is -0.229. The summed E-state index contributed by atoms with van der Waals surface area (Å²) in [7, 11) is 0. The van der Waals surface area contributed by atoms with Gasteiger partial charge in [0, 0.05) is 31.3 Å². The van der Waals surface area contributed by atoms with Crippen LogP contribution in [0, 0.1) is 40.4 Å². The average molecular weight is 379 g/mol. The molecule has 0 bridgehead atoms. The Morgan fingerprint density at radius 2 is 1.93 bits per heavy atom. The number of carbonyl (C=O) groups excluding carboxylic acids is 2. The van der Waals surface area contributed by atoms with Crippen molar-refractivity contribution in [3.8, 4) is 0 Å². The molecule has 0 saturated heterocycles. The Bertz CT molecular complexity index is 587. The summed E-state index contributed by atoms with van der Waals surface area (Å²) in [5.41, 5.74) is 0.0871. The highest BCUT2D eigenvalue weighted by Crippen LogP contribution is 2.65. The summed E-state index contributed by atoms with van der Waals surface area (Å²) in [6, 6.07) is 0. The summed E-state index contributed by atoms with van der Waals surface area (Å²) in [5.74, 6) is 1.05. The first-order valence-corrected chi connectivity index (χ1v) is 10.9.